The number of carboxylic acid groups (broad SMARTS) is 1. The van der Waals surface area contributed by atoms with Crippen LogP contribution in [0, 0.1) is 0 Å². The molecule has 2 aliphatic heterocycles. The van der Waals surface area contributed by atoms with Crippen molar-refractivity contribution in [2.45, 2.75) is 24.0 Å². The molecule has 1 saturated heterocycles. The number of aliphatic imine (C=N–C) groups is 1. The molecule has 2 aromatic carbocycles. The third-order valence-corrected chi connectivity index (χ3v) is 8.16. The van der Waals surface area contributed by atoms with E-state index in [2.05, 4.69) is 27.0 Å². The summed E-state index contributed by atoms with van der Waals surface area (Å²) in [5.41, 5.74) is 3.08. The van der Waals surface area contributed by atoms with Gasteiger partial charge in [-0.1, -0.05) is 53.2 Å². The van der Waals surface area contributed by atoms with Crippen LogP contribution < -0.4 is 0 Å². The van der Waals surface area contributed by atoms with E-state index in [0.717, 1.165) is 60.4 Å². The molecule has 0 unspecified atom stereocenters. The Hall–Kier alpha value is -2.43. The van der Waals surface area contributed by atoms with Crippen molar-refractivity contribution in [3.63, 3.8) is 0 Å². The molecule has 0 spiro atoms. The third-order valence-electron chi connectivity index (χ3n) is 6.69. The molecule has 0 radical (unpaired) electrons. The number of benzene rings is 2. The Bertz CT molecular complexity index is 1320. The average molecular weight is 560 g/mol. The summed E-state index contributed by atoms with van der Waals surface area (Å²) in [6, 6.07) is 12.7. The fourth-order valence-corrected chi connectivity index (χ4v) is 6.00. The highest BCUT2D eigenvalue weighted by molar-refractivity contribution is 7.99. The summed E-state index contributed by atoms with van der Waals surface area (Å²) in [4.78, 5) is 21.3. The first-order valence-electron chi connectivity index (χ1n) is 12.2. The van der Waals surface area contributed by atoms with Gasteiger partial charge in [0.1, 0.15) is 6.04 Å². The molecule has 0 bridgehead atoms. The van der Waals surface area contributed by atoms with Crippen molar-refractivity contribution in [3.8, 4) is 5.69 Å². The maximum Gasteiger partial charge on any atom is 0.303 e. The number of aromatic nitrogens is 3. The lowest BCUT2D eigenvalue weighted by atomic mass is 10.00. The highest BCUT2D eigenvalue weighted by Crippen LogP contribution is 2.37. The number of aliphatic carboxylic acids is 1. The van der Waals surface area contributed by atoms with Gasteiger partial charge in [-0.05, 0) is 37.7 Å². The van der Waals surface area contributed by atoms with Gasteiger partial charge in [0.05, 0.1) is 11.4 Å². The van der Waals surface area contributed by atoms with Crippen LogP contribution in [0.3, 0.4) is 0 Å². The van der Waals surface area contributed by atoms with Gasteiger partial charge in [-0.3, -0.25) is 19.3 Å². The first-order valence-corrected chi connectivity index (χ1v) is 14.0. The molecule has 1 fully saturated rings. The Balaban J connectivity index is 1.53. The topological polar surface area (TPSA) is 86.9 Å². The number of thioether (sulfide) groups is 1. The predicted octanol–water partition coefficient (Wildman–Crippen LogP) is 4.67. The minimum atomic E-state index is -0.882. The van der Waals surface area contributed by atoms with Crippen molar-refractivity contribution in [2.75, 3.05) is 45.5 Å². The number of carbonyl (C=O) groups is 1. The summed E-state index contributed by atoms with van der Waals surface area (Å²) in [6.45, 7) is 5.22. The number of rotatable bonds is 8. The first kappa shape index (κ1) is 26.2. The summed E-state index contributed by atoms with van der Waals surface area (Å²) in [7, 11) is 2.15. The molecule has 1 atom stereocenters. The molecule has 1 N–H and O–H groups in total. The van der Waals surface area contributed by atoms with Crippen molar-refractivity contribution in [2.24, 2.45) is 4.99 Å². The fourth-order valence-electron chi connectivity index (χ4n) is 4.65. The summed E-state index contributed by atoms with van der Waals surface area (Å²) in [6.07, 6.45) is 0.245. The standard InChI is InChI=1S/C26H28Cl2N6O2S/c1-32-10-12-33(13-11-32)14-15-37-26-31-30-25-21(7-9-23(35)36)29-24(18-4-2-3-5-20(18)28)19-16-17(27)6-8-22(19)34(25)26/h2-6,8,16,21H,7,9-15H2,1H3,(H,35,36)/t21-/m0/s1. The minimum Gasteiger partial charge on any atom is -0.481 e. The van der Waals surface area contributed by atoms with Gasteiger partial charge < -0.3 is 10.0 Å². The van der Waals surface area contributed by atoms with Crippen LogP contribution in [0.15, 0.2) is 52.6 Å². The summed E-state index contributed by atoms with van der Waals surface area (Å²) in [5.74, 6) is 0.601. The molecule has 3 aromatic rings. The van der Waals surface area contributed by atoms with Crippen LogP contribution in [0.2, 0.25) is 10.0 Å². The van der Waals surface area contributed by atoms with E-state index in [1.807, 2.05) is 47.0 Å². The second-order valence-electron chi connectivity index (χ2n) is 9.24. The molecule has 5 rings (SSSR count). The van der Waals surface area contributed by atoms with Gasteiger partial charge in [0.2, 0.25) is 0 Å². The van der Waals surface area contributed by atoms with E-state index < -0.39 is 12.0 Å². The Morgan fingerprint density at radius 1 is 1.08 bits per heavy atom. The zero-order valence-corrected chi connectivity index (χ0v) is 22.8. The van der Waals surface area contributed by atoms with E-state index >= 15 is 0 Å². The van der Waals surface area contributed by atoms with Crippen LogP contribution in [-0.4, -0.2) is 86.9 Å². The lowest BCUT2D eigenvalue weighted by Crippen LogP contribution is -2.45. The van der Waals surface area contributed by atoms with Gasteiger partial charge in [-0.2, -0.15) is 0 Å². The lowest BCUT2D eigenvalue weighted by molar-refractivity contribution is -0.137. The summed E-state index contributed by atoms with van der Waals surface area (Å²) in [5, 5.41) is 20.4. The molecule has 1 aromatic heterocycles. The number of fused-ring (bicyclic) bond motifs is 3. The smallest absolute Gasteiger partial charge is 0.303 e. The van der Waals surface area contributed by atoms with Gasteiger partial charge in [-0.25, -0.2) is 0 Å². The van der Waals surface area contributed by atoms with E-state index in [-0.39, 0.29) is 12.8 Å². The molecule has 194 valence electrons. The minimum absolute atomic E-state index is 0.0419. The predicted molar refractivity (Wildman–Crippen MR) is 148 cm³/mol. The maximum atomic E-state index is 11.5. The van der Waals surface area contributed by atoms with E-state index in [9.17, 15) is 9.90 Å². The monoisotopic (exact) mass is 558 g/mol. The number of hydrogen-bond donors (Lipinski definition) is 1. The van der Waals surface area contributed by atoms with E-state index in [1.165, 1.54) is 0 Å². The molecule has 0 amide bonds. The highest BCUT2D eigenvalue weighted by Gasteiger charge is 2.30. The van der Waals surface area contributed by atoms with Crippen molar-refractivity contribution in [3.05, 3.63) is 69.5 Å². The number of halogens is 2. The molecule has 0 aliphatic carbocycles. The molecule has 3 heterocycles. The largest absolute Gasteiger partial charge is 0.481 e. The van der Waals surface area contributed by atoms with Gasteiger partial charge >= 0.3 is 5.97 Å². The third kappa shape index (κ3) is 5.86. The summed E-state index contributed by atoms with van der Waals surface area (Å²) < 4.78 is 2.01. The van der Waals surface area contributed by atoms with Crippen LogP contribution in [0.25, 0.3) is 5.69 Å². The highest BCUT2D eigenvalue weighted by atomic mass is 35.5. The Labute approximate surface area is 230 Å². The van der Waals surface area contributed by atoms with Gasteiger partial charge in [-0.15, -0.1) is 10.2 Å². The number of hydrogen-bond acceptors (Lipinski definition) is 7. The van der Waals surface area contributed by atoms with Crippen LogP contribution in [-0.2, 0) is 4.79 Å². The number of carboxylic acids is 1. The van der Waals surface area contributed by atoms with E-state index in [1.54, 1.807) is 11.8 Å². The van der Waals surface area contributed by atoms with Crippen LogP contribution >= 0.6 is 35.0 Å². The molecule has 37 heavy (non-hydrogen) atoms. The molecular weight excluding hydrogens is 531 g/mol. The normalized spacial score (nSPS) is 18.1. The van der Waals surface area contributed by atoms with Crippen LogP contribution in [0.4, 0.5) is 0 Å². The first-order chi connectivity index (χ1) is 17.9. The molecule has 11 heteroatoms. The molecular formula is C26H28Cl2N6O2S. The van der Waals surface area contributed by atoms with Crippen LogP contribution in [0.5, 0.6) is 0 Å². The Morgan fingerprint density at radius 3 is 2.62 bits per heavy atom. The van der Waals surface area contributed by atoms with Crippen molar-refractivity contribution < 1.29 is 9.90 Å². The van der Waals surface area contributed by atoms with Crippen molar-refractivity contribution in [1.29, 1.82) is 0 Å². The number of likely N-dealkylation sites (N-methyl/N-ethyl adjacent to an activating group) is 1. The fraction of sp³-hybridized carbons (Fsp3) is 0.385. The van der Waals surface area contributed by atoms with Gasteiger partial charge in [0, 0.05) is 66.1 Å². The molecule has 2 aliphatic rings. The summed E-state index contributed by atoms with van der Waals surface area (Å²) >= 11 is 14.7. The van der Waals surface area contributed by atoms with Gasteiger partial charge in [0.15, 0.2) is 11.0 Å². The van der Waals surface area contributed by atoms with E-state index in [0.29, 0.717) is 21.6 Å². The average Bonchev–Trinajstić information content (AvgIpc) is 3.24. The maximum absolute atomic E-state index is 11.5. The van der Waals surface area contributed by atoms with Crippen LogP contribution in [0.1, 0.15) is 35.8 Å². The SMILES string of the molecule is CN1CCN(CCSc2nnc3n2-c2ccc(Cl)cc2C(c2ccccc2Cl)=N[C@H]3CCC(=O)O)CC1. The Morgan fingerprint density at radius 2 is 1.86 bits per heavy atom. The Kier molecular flexibility index (Phi) is 8.16. The van der Waals surface area contributed by atoms with Crippen molar-refractivity contribution >= 4 is 46.6 Å². The van der Waals surface area contributed by atoms with Crippen molar-refractivity contribution in [1.82, 2.24) is 24.6 Å². The zero-order valence-electron chi connectivity index (χ0n) is 20.5. The van der Waals surface area contributed by atoms with Gasteiger partial charge in [0.25, 0.3) is 0 Å². The second-order valence-corrected chi connectivity index (χ2v) is 11.1. The lowest BCUT2D eigenvalue weighted by Gasteiger charge is -2.32. The second kappa shape index (κ2) is 11.5. The zero-order chi connectivity index (χ0) is 25.9. The number of nitrogens with zero attached hydrogens (tertiary/aromatic N) is 6. The van der Waals surface area contributed by atoms with E-state index in [4.69, 9.17) is 28.2 Å². The molecule has 8 nitrogen and oxygen atoms in total. The number of piperazine rings is 1. The quantitative estimate of drug-likeness (QED) is 0.402. The molecule has 0 saturated carbocycles.